The van der Waals surface area contributed by atoms with Gasteiger partial charge in [-0.2, -0.15) is 0 Å². The molecule has 72 valence electrons. The molecule has 0 bridgehead atoms. The first-order valence-corrected chi connectivity index (χ1v) is 4.92. The van der Waals surface area contributed by atoms with Crippen LogP contribution >= 0.6 is 0 Å². The average Bonchev–Trinajstić information content (AvgIpc) is 2.42. The van der Waals surface area contributed by atoms with E-state index in [1.807, 2.05) is 0 Å². The zero-order chi connectivity index (χ0) is 9.52. The summed E-state index contributed by atoms with van der Waals surface area (Å²) in [7, 11) is 1.37. The number of carbonyl (C=O) groups is 1. The van der Waals surface area contributed by atoms with Gasteiger partial charge in [0.1, 0.15) is 0 Å². The third-order valence-corrected chi connectivity index (χ3v) is 2.42. The summed E-state index contributed by atoms with van der Waals surface area (Å²) in [5, 5.41) is 0. The first kappa shape index (κ1) is 10.1. The molecule has 1 fully saturated rings. The maximum Gasteiger partial charge on any atom is 0.384 e. The molecule has 0 unspecified atom stereocenters. The molecule has 0 amide bonds. The van der Waals surface area contributed by atoms with Gasteiger partial charge in [-0.05, 0) is 12.8 Å². The highest BCUT2D eigenvalue weighted by atomic mass is 16.5. The molecule has 2 nitrogen and oxygen atoms in total. The van der Waals surface area contributed by atoms with Crippen LogP contribution in [0.5, 0.6) is 0 Å². The molecular formula is C11H16O2. The number of esters is 1. The van der Waals surface area contributed by atoms with Crippen molar-refractivity contribution in [2.45, 2.75) is 38.5 Å². The normalized spacial score (nSPS) is 18.2. The van der Waals surface area contributed by atoms with Crippen molar-refractivity contribution in [2.75, 3.05) is 7.11 Å². The Morgan fingerprint density at radius 3 is 2.38 bits per heavy atom. The maximum absolute atomic E-state index is 10.7. The van der Waals surface area contributed by atoms with Crippen molar-refractivity contribution in [3.05, 3.63) is 0 Å². The van der Waals surface area contributed by atoms with E-state index in [-0.39, 0.29) is 0 Å². The summed E-state index contributed by atoms with van der Waals surface area (Å²) in [4.78, 5) is 10.7. The molecule has 1 rings (SSSR count). The van der Waals surface area contributed by atoms with Crippen LogP contribution < -0.4 is 0 Å². The first-order chi connectivity index (χ1) is 6.33. The lowest BCUT2D eigenvalue weighted by molar-refractivity contribution is -0.133. The molecule has 0 aromatic carbocycles. The van der Waals surface area contributed by atoms with Gasteiger partial charge in [0, 0.05) is 11.8 Å². The van der Waals surface area contributed by atoms with Gasteiger partial charge >= 0.3 is 5.97 Å². The van der Waals surface area contributed by atoms with Crippen molar-refractivity contribution in [3.8, 4) is 11.8 Å². The highest BCUT2D eigenvalue weighted by molar-refractivity contribution is 5.88. The van der Waals surface area contributed by atoms with Crippen LogP contribution in [0.3, 0.4) is 0 Å². The molecule has 0 aliphatic heterocycles. The van der Waals surface area contributed by atoms with Gasteiger partial charge in [-0.1, -0.05) is 31.6 Å². The largest absolute Gasteiger partial charge is 0.459 e. The van der Waals surface area contributed by atoms with Crippen molar-refractivity contribution in [1.82, 2.24) is 0 Å². The minimum absolute atomic E-state index is 0.413. The van der Waals surface area contributed by atoms with Gasteiger partial charge in [0.25, 0.3) is 0 Å². The first-order valence-electron chi connectivity index (χ1n) is 4.92. The Morgan fingerprint density at radius 1 is 1.23 bits per heavy atom. The Kier molecular flexibility index (Phi) is 4.39. The van der Waals surface area contributed by atoms with Crippen LogP contribution in [0.2, 0.25) is 0 Å². The molecule has 0 radical (unpaired) electrons. The molecule has 0 atom stereocenters. The van der Waals surface area contributed by atoms with Crippen LogP contribution in [0.25, 0.3) is 0 Å². The van der Waals surface area contributed by atoms with Gasteiger partial charge in [-0.3, -0.25) is 0 Å². The summed E-state index contributed by atoms with van der Waals surface area (Å²) >= 11 is 0. The van der Waals surface area contributed by atoms with Crippen molar-refractivity contribution < 1.29 is 9.53 Å². The summed E-state index contributed by atoms with van der Waals surface area (Å²) in [6, 6.07) is 0. The summed E-state index contributed by atoms with van der Waals surface area (Å²) in [6.07, 6.45) is 7.42. The van der Waals surface area contributed by atoms with Gasteiger partial charge in [0.15, 0.2) is 0 Å². The molecule has 0 heterocycles. The fraction of sp³-hybridized carbons (Fsp3) is 0.727. The molecule has 1 aliphatic carbocycles. The molecule has 13 heavy (non-hydrogen) atoms. The molecule has 1 saturated carbocycles. The number of hydrogen-bond donors (Lipinski definition) is 0. The van der Waals surface area contributed by atoms with Crippen LogP contribution in [0.4, 0.5) is 0 Å². The van der Waals surface area contributed by atoms with Gasteiger partial charge in [0.2, 0.25) is 0 Å². The van der Waals surface area contributed by atoms with E-state index in [9.17, 15) is 4.79 Å². The van der Waals surface area contributed by atoms with Gasteiger partial charge in [-0.15, -0.1) is 0 Å². The number of methoxy groups -OCH3 is 1. The van der Waals surface area contributed by atoms with Crippen LogP contribution in [0.1, 0.15) is 38.5 Å². The van der Waals surface area contributed by atoms with E-state index in [2.05, 4.69) is 16.6 Å². The van der Waals surface area contributed by atoms with Crippen LogP contribution in [-0.2, 0) is 9.53 Å². The highest BCUT2D eigenvalue weighted by Crippen LogP contribution is 2.21. The van der Waals surface area contributed by atoms with Crippen LogP contribution in [-0.4, -0.2) is 13.1 Å². The minimum Gasteiger partial charge on any atom is -0.459 e. The predicted molar refractivity (Wildman–Crippen MR) is 51.0 cm³/mol. The molecule has 0 N–H and O–H groups in total. The van der Waals surface area contributed by atoms with Gasteiger partial charge in [0.05, 0.1) is 7.11 Å². The van der Waals surface area contributed by atoms with E-state index in [1.165, 1.54) is 32.8 Å². The van der Waals surface area contributed by atoms with Gasteiger partial charge in [-0.25, -0.2) is 4.79 Å². The van der Waals surface area contributed by atoms with E-state index < -0.39 is 5.97 Å². The molecule has 0 aromatic rings. The summed E-state index contributed by atoms with van der Waals surface area (Å²) in [5.41, 5.74) is 0. The number of ether oxygens (including phenoxy) is 1. The average molecular weight is 180 g/mol. The predicted octanol–water partition coefficient (Wildman–Crippen LogP) is 2.13. The van der Waals surface area contributed by atoms with E-state index >= 15 is 0 Å². The quantitative estimate of drug-likeness (QED) is 0.247. The van der Waals surface area contributed by atoms with Crippen molar-refractivity contribution in [2.24, 2.45) is 5.92 Å². The van der Waals surface area contributed by atoms with Crippen LogP contribution in [0.15, 0.2) is 0 Å². The standard InChI is InChI=1S/C11H16O2/c1-13-11(12)9-8-10-6-4-2-3-5-7-10/h10H,2-7H2,1H3. The van der Waals surface area contributed by atoms with E-state index in [1.54, 1.807) is 0 Å². The molecule has 0 spiro atoms. The number of hydrogen-bond acceptors (Lipinski definition) is 2. The molecule has 1 aliphatic rings. The lowest BCUT2D eigenvalue weighted by Crippen LogP contribution is -1.99. The monoisotopic (exact) mass is 180 g/mol. The summed E-state index contributed by atoms with van der Waals surface area (Å²) in [5.74, 6) is 5.51. The third-order valence-electron chi connectivity index (χ3n) is 2.42. The number of carbonyl (C=O) groups excluding carboxylic acids is 1. The van der Waals surface area contributed by atoms with Gasteiger partial charge < -0.3 is 4.74 Å². The smallest absolute Gasteiger partial charge is 0.384 e. The van der Waals surface area contributed by atoms with E-state index in [0.29, 0.717) is 5.92 Å². The zero-order valence-corrected chi connectivity index (χ0v) is 8.14. The Labute approximate surface area is 79.7 Å². The maximum atomic E-state index is 10.7. The Balaban J connectivity index is 2.39. The Morgan fingerprint density at radius 2 is 1.85 bits per heavy atom. The Hall–Kier alpha value is -0.970. The minimum atomic E-state index is -0.413. The SMILES string of the molecule is COC(=O)C#CC1CCCCCC1. The second kappa shape index (κ2) is 5.64. The lowest BCUT2D eigenvalue weighted by atomic mass is 10.0. The van der Waals surface area contributed by atoms with Crippen molar-refractivity contribution >= 4 is 5.97 Å². The fourth-order valence-electron chi connectivity index (χ4n) is 1.64. The fourth-order valence-corrected chi connectivity index (χ4v) is 1.64. The summed E-state index contributed by atoms with van der Waals surface area (Å²) < 4.78 is 4.46. The second-order valence-corrected chi connectivity index (χ2v) is 3.45. The van der Waals surface area contributed by atoms with E-state index in [0.717, 1.165) is 12.8 Å². The summed E-state index contributed by atoms with van der Waals surface area (Å²) in [6.45, 7) is 0. The third kappa shape index (κ3) is 3.98. The molecule has 2 heteroatoms. The Bertz CT molecular complexity index is 214. The second-order valence-electron chi connectivity index (χ2n) is 3.45. The van der Waals surface area contributed by atoms with E-state index in [4.69, 9.17) is 0 Å². The molecular weight excluding hydrogens is 164 g/mol. The topological polar surface area (TPSA) is 26.3 Å². The van der Waals surface area contributed by atoms with Crippen molar-refractivity contribution in [1.29, 1.82) is 0 Å². The number of rotatable bonds is 0. The molecule has 0 saturated heterocycles. The molecule has 0 aromatic heterocycles. The lowest BCUT2D eigenvalue weighted by Gasteiger charge is -2.03. The zero-order valence-electron chi connectivity index (χ0n) is 8.14. The van der Waals surface area contributed by atoms with Crippen LogP contribution in [0, 0.1) is 17.8 Å². The van der Waals surface area contributed by atoms with Crippen molar-refractivity contribution in [3.63, 3.8) is 0 Å². The highest BCUT2D eigenvalue weighted by Gasteiger charge is 2.09.